The summed E-state index contributed by atoms with van der Waals surface area (Å²) in [6, 6.07) is 3.99. The summed E-state index contributed by atoms with van der Waals surface area (Å²) >= 11 is 1.61. The summed E-state index contributed by atoms with van der Waals surface area (Å²) in [6.07, 6.45) is 0. The molecular weight excluding hydrogens is 316 g/mol. The molecule has 0 aromatic carbocycles. The Morgan fingerprint density at radius 1 is 1.35 bits per heavy atom. The highest BCUT2D eigenvalue weighted by molar-refractivity contribution is 7.10. The van der Waals surface area contributed by atoms with Crippen molar-refractivity contribution in [3.8, 4) is 0 Å². The van der Waals surface area contributed by atoms with Crippen LogP contribution in [0.25, 0.3) is 0 Å². The molecule has 2 aromatic rings. The van der Waals surface area contributed by atoms with Crippen molar-refractivity contribution in [1.82, 2.24) is 14.0 Å². The zero-order valence-electron chi connectivity index (χ0n) is 13.6. The van der Waals surface area contributed by atoms with Gasteiger partial charge in [0.25, 0.3) is 5.56 Å². The van der Waals surface area contributed by atoms with Crippen LogP contribution in [0.2, 0.25) is 0 Å². The Hall–Kier alpha value is -2.19. The van der Waals surface area contributed by atoms with E-state index in [1.807, 2.05) is 36.4 Å². The van der Waals surface area contributed by atoms with E-state index < -0.39 is 17.0 Å². The van der Waals surface area contributed by atoms with E-state index in [1.54, 1.807) is 11.3 Å². The molecule has 0 saturated carbocycles. The molecule has 8 heteroatoms. The van der Waals surface area contributed by atoms with E-state index >= 15 is 0 Å². The van der Waals surface area contributed by atoms with Gasteiger partial charge in [-0.2, -0.15) is 0 Å². The summed E-state index contributed by atoms with van der Waals surface area (Å²) < 4.78 is 2.00. The van der Waals surface area contributed by atoms with Crippen LogP contribution < -0.4 is 17.0 Å². The summed E-state index contributed by atoms with van der Waals surface area (Å²) in [4.78, 5) is 39.5. The lowest BCUT2D eigenvalue weighted by molar-refractivity contribution is 0.0923. The monoisotopic (exact) mass is 336 g/mol. The lowest BCUT2D eigenvalue weighted by atomic mass is 10.1. The molecule has 1 atom stereocenters. The number of nitrogen functional groups attached to an aromatic ring is 1. The molecular formula is C15H20N4O3S. The lowest BCUT2D eigenvalue weighted by Crippen LogP contribution is -2.43. The van der Waals surface area contributed by atoms with E-state index in [4.69, 9.17) is 5.73 Å². The van der Waals surface area contributed by atoms with Crippen LogP contribution in [0.15, 0.2) is 27.1 Å². The Morgan fingerprint density at radius 2 is 2.00 bits per heavy atom. The summed E-state index contributed by atoms with van der Waals surface area (Å²) in [5.74, 6) is -0.495. The number of hydrogen-bond acceptors (Lipinski definition) is 6. The fourth-order valence-electron chi connectivity index (χ4n) is 2.31. The summed E-state index contributed by atoms with van der Waals surface area (Å²) in [7, 11) is 4.58. The SMILES string of the molecule is C[C@H](c1cccs1)N(C)CC(=O)c1c(N)n(C)c(=O)n(C)c1=O. The molecule has 23 heavy (non-hydrogen) atoms. The van der Waals surface area contributed by atoms with Gasteiger partial charge in [0.2, 0.25) is 0 Å². The Balaban J connectivity index is 2.32. The van der Waals surface area contributed by atoms with Crippen LogP contribution in [0.5, 0.6) is 0 Å². The van der Waals surface area contributed by atoms with Crippen LogP contribution in [0.1, 0.15) is 28.2 Å². The number of rotatable bonds is 5. The van der Waals surface area contributed by atoms with E-state index in [0.717, 1.165) is 14.0 Å². The molecule has 0 fully saturated rings. The van der Waals surface area contributed by atoms with Crippen molar-refractivity contribution in [2.45, 2.75) is 13.0 Å². The first-order valence-corrected chi connectivity index (χ1v) is 7.96. The average molecular weight is 336 g/mol. The van der Waals surface area contributed by atoms with Crippen molar-refractivity contribution in [1.29, 1.82) is 0 Å². The molecule has 0 aliphatic carbocycles. The van der Waals surface area contributed by atoms with Crippen molar-refractivity contribution in [2.75, 3.05) is 19.3 Å². The smallest absolute Gasteiger partial charge is 0.332 e. The van der Waals surface area contributed by atoms with E-state index in [-0.39, 0.29) is 24.0 Å². The molecule has 0 amide bonds. The normalized spacial score (nSPS) is 12.6. The summed E-state index contributed by atoms with van der Waals surface area (Å²) in [5, 5.41) is 1.97. The summed E-state index contributed by atoms with van der Waals surface area (Å²) in [5.41, 5.74) is 4.46. The fourth-order valence-corrected chi connectivity index (χ4v) is 3.16. The quantitative estimate of drug-likeness (QED) is 0.808. The molecule has 2 heterocycles. The molecule has 7 nitrogen and oxygen atoms in total. The number of nitrogens with two attached hydrogens (primary N) is 1. The third-order valence-corrected chi connectivity index (χ3v) is 5.04. The Kier molecular flexibility index (Phi) is 4.86. The molecule has 124 valence electrons. The second-order valence-corrected chi connectivity index (χ2v) is 6.47. The topological polar surface area (TPSA) is 90.3 Å². The molecule has 2 aromatic heterocycles. The number of thiophene rings is 1. The van der Waals surface area contributed by atoms with Crippen LogP contribution >= 0.6 is 11.3 Å². The highest BCUT2D eigenvalue weighted by Gasteiger charge is 2.23. The van der Waals surface area contributed by atoms with Gasteiger partial charge in [-0.3, -0.25) is 23.6 Å². The van der Waals surface area contributed by atoms with Gasteiger partial charge in [0.05, 0.1) is 6.54 Å². The molecule has 0 saturated heterocycles. The van der Waals surface area contributed by atoms with Crippen LogP contribution in [-0.4, -0.2) is 33.4 Å². The predicted molar refractivity (Wildman–Crippen MR) is 91.0 cm³/mol. The number of carbonyl (C=O) groups is 1. The minimum absolute atomic E-state index is 0.0384. The van der Waals surface area contributed by atoms with Gasteiger partial charge in [0.15, 0.2) is 5.78 Å². The van der Waals surface area contributed by atoms with Gasteiger partial charge in [-0.1, -0.05) is 6.07 Å². The molecule has 0 bridgehead atoms. The number of carbonyl (C=O) groups excluding carboxylic acids is 1. The van der Waals surface area contributed by atoms with Gasteiger partial charge in [-0.05, 0) is 25.4 Å². The predicted octanol–water partition coefficient (Wildman–Crippen LogP) is 0.603. The average Bonchev–Trinajstić information content (AvgIpc) is 3.04. The third kappa shape index (κ3) is 3.13. The largest absolute Gasteiger partial charge is 0.384 e. The minimum Gasteiger partial charge on any atom is -0.384 e. The maximum Gasteiger partial charge on any atom is 0.332 e. The van der Waals surface area contributed by atoms with Gasteiger partial charge >= 0.3 is 5.69 Å². The number of likely N-dealkylation sites (N-methyl/N-ethyl adjacent to an activating group) is 1. The first-order chi connectivity index (χ1) is 10.8. The van der Waals surface area contributed by atoms with Gasteiger partial charge < -0.3 is 5.73 Å². The molecule has 0 aliphatic heterocycles. The Labute approximate surface area is 137 Å². The standard InChI is InChI=1S/C15H20N4O3S/c1-9(11-6-5-7-23-11)17(2)8-10(20)12-13(16)18(3)15(22)19(4)14(12)21/h5-7,9H,8,16H2,1-4H3/t9-/m1/s1. The number of aromatic nitrogens is 2. The zero-order chi connectivity index (χ0) is 17.3. The zero-order valence-corrected chi connectivity index (χ0v) is 14.4. The van der Waals surface area contributed by atoms with E-state index in [1.165, 1.54) is 14.1 Å². The second-order valence-electron chi connectivity index (χ2n) is 5.50. The maximum absolute atomic E-state index is 12.5. The van der Waals surface area contributed by atoms with Crippen molar-refractivity contribution >= 4 is 22.9 Å². The van der Waals surface area contributed by atoms with Crippen molar-refractivity contribution in [2.24, 2.45) is 14.1 Å². The van der Waals surface area contributed by atoms with Crippen LogP contribution in [0, 0.1) is 0 Å². The molecule has 0 radical (unpaired) electrons. The summed E-state index contributed by atoms with van der Waals surface area (Å²) in [6.45, 7) is 2.03. The fraction of sp³-hybridized carbons (Fsp3) is 0.400. The Morgan fingerprint density at radius 3 is 2.57 bits per heavy atom. The van der Waals surface area contributed by atoms with Crippen LogP contribution in [0.4, 0.5) is 5.82 Å². The molecule has 2 rings (SSSR count). The van der Waals surface area contributed by atoms with Crippen molar-refractivity contribution in [3.63, 3.8) is 0 Å². The molecule has 2 N–H and O–H groups in total. The van der Waals surface area contributed by atoms with E-state index in [2.05, 4.69) is 0 Å². The van der Waals surface area contributed by atoms with Gasteiger partial charge in [-0.15, -0.1) is 11.3 Å². The highest BCUT2D eigenvalue weighted by atomic mass is 32.1. The van der Waals surface area contributed by atoms with Crippen molar-refractivity contribution in [3.05, 3.63) is 48.8 Å². The third-order valence-electron chi connectivity index (χ3n) is 4.00. The van der Waals surface area contributed by atoms with Gasteiger partial charge in [-0.25, -0.2) is 4.79 Å². The van der Waals surface area contributed by atoms with Gasteiger partial charge in [0, 0.05) is 25.0 Å². The first-order valence-electron chi connectivity index (χ1n) is 7.08. The van der Waals surface area contributed by atoms with Crippen molar-refractivity contribution < 1.29 is 4.79 Å². The van der Waals surface area contributed by atoms with Crippen LogP contribution in [-0.2, 0) is 14.1 Å². The molecule has 0 unspecified atom stereocenters. The van der Waals surface area contributed by atoms with Gasteiger partial charge in [0.1, 0.15) is 11.4 Å². The lowest BCUT2D eigenvalue weighted by Gasteiger charge is -2.23. The van der Waals surface area contributed by atoms with Crippen LogP contribution in [0.3, 0.4) is 0 Å². The number of ketones is 1. The maximum atomic E-state index is 12.5. The number of nitrogens with zero attached hydrogens (tertiary/aromatic N) is 3. The number of hydrogen-bond donors (Lipinski definition) is 1. The van der Waals surface area contributed by atoms with E-state index in [0.29, 0.717) is 0 Å². The molecule has 0 spiro atoms. The number of anilines is 1. The highest BCUT2D eigenvalue weighted by Crippen LogP contribution is 2.23. The number of Topliss-reactive ketones (excluding diaryl/α,β-unsaturated/α-hetero) is 1. The van der Waals surface area contributed by atoms with E-state index in [9.17, 15) is 14.4 Å². The molecule has 0 aliphatic rings. The first kappa shape index (κ1) is 17.2. The minimum atomic E-state index is -0.659. The second kappa shape index (κ2) is 6.51. The Bertz CT molecular complexity index is 836.